The van der Waals surface area contributed by atoms with Crippen molar-refractivity contribution < 1.29 is 18.6 Å². The maximum atomic E-state index is 12.8. The van der Waals surface area contributed by atoms with E-state index in [1.54, 1.807) is 0 Å². The fraction of sp³-hybridized carbons (Fsp3) is 0.182. The van der Waals surface area contributed by atoms with Gasteiger partial charge in [0.25, 0.3) is 0 Å². The van der Waals surface area contributed by atoms with Gasteiger partial charge >= 0.3 is 0 Å². The maximum Gasteiger partial charge on any atom is 0.235 e. The molecule has 0 amide bonds. The summed E-state index contributed by atoms with van der Waals surface area (Å²) < 4.78 is 30.8. The predicted octanol–water partition coefficient (Wildman–Crippen LogP) is 1.90. The molecule has 7 heteroatoms. The molecule has 0 spiro atoms. The lowest BCUT2D eigenvalue weighted by Crippen LogP contribution is -2.04. The Balaban J connectivity index is 2.49. The molecule has 0 aliphatic heterocycles. The molecule has 1 atom stereocenters. The molecule has 0 bridgehead atoms. The van der Waals surface area contributed by atoms with Crippen molar-refractivity contribution in [3.8, 4) is 11.6 Å². The zero-order valence-electron chi connectivity index (χ0n) is 9.87. The number of rotatable bonds is 3. The lowest BCUT2D eigenvalue weighted by atomic mass is 10.3. The summed E-state index contributed by atoms with van der Waals surface area (Å²) in [5.74, 6) is -0.655. The highest BCUT2D eigenvalue weighted by Crippen LogP contribution is 2.43. The van der Waals surface area contributed by atoms with Crippen LogP contribution in [0.3, 0.4) is 0 Å². The minimum Gasteiger partial charge on any atom is -0.493 e. The Bertz CT molecular complexity index is 609. The van der Waals surface area contributed by atoms with E-state index in [4.69, 9.17) is 4.52 Å². The Kier molecular flexibility index (Phi) is 3.24. The van der Waals surface area contributed by atoms with Crippen LogP contribution >= 0.6 is 7.37 Å². The SMILES string of the molecule is COP(C)(=O)c1cnn(-c2ccc(F)cc2)c1O. The first-order valence-corrected chi connectivity index (χ1v) is 7.19. The highest BCUT2D eigenvalue weighted by Gasteiger charge is 2.26. The maximum absolute atomic E-state index is 12.8. The number of halogens is 1. The van der Waals surface area contributed by atoms with Gasteiger partial charge in [-0.05, 0) is 24.3 Å². The summed E-state index contributed by atoms with van der Waals surface area (Å²) in [6.45, 7) is 1.39. The summed E-state index contributed by atoms with van der Waals surface area (Å²) in [7, 11) is -1.78. The van der Waals surface area contributed by atoms with E-state index in [1.807, 2.05) is 0 Å². The molecular weight excluding hydrogens is 258 g/mol. The fourth-order valence-electron chi connectivity index (χ4n) is 1.49. The number of hydrogen-bond acceptors (Lipinski definition) is 4. The Hall–Kier alpha value is -1.65. The van der Waals surface area contributed by atoms with E-state index in [2.05, 4.69) is 5.10 Å². The van der Waals surface area contributed by atoms with E-state index in [-0.39, 0.29) is 17.0 Å². The molecule has 0 fully saturated rings. The third-order valence-corrected chi connectivity index (χ3v) is 4.47. The molecule has 0 aliphatic carbocycles. The molecule has 2 aromatic rings. The van der Waals surface area contributed by atoms with E-state index in [1.165, 1.54) is 48.9 Å². The monoisotopic (exact) mass is 270 g/mol. The fourth-order valence-corrected chi connectivity index (χ4v) is 2.41. The molecule has 0 radical (unpaired) electrons. The molecule has 0 aliphatic rings. The summed E-state index contributed by atoms with van der Waals surface area (Å²) in [5.41, 5.74) is 0.469. The van der Waals surface area contributed by atoms with Gasteiger partial charge in [0, 0.05) is 13.8 Å². The van der Waals surface area contributed by atoms with Gasteiger partial charge in [0.2, 0.25) is 13.2 Å². The Morgan fingerprint density at radius 3 is 2.56 bits per heavy atom. The minimum absolute atomic E-state index is 0.134. The van der Waals surface area contributed by atoms with Crippen LogP contribution in [-0.4, -0.2) is 28.7 Å². The molecule has 0 saturated carbocycles. The summed E-state index contributed by atoms with van der Waals surface area (Å²) in [5, 5.41) is 14.0. The van der Waals surface area contributed by atoms with Crippen molar-refractivity contribution in [1.82, 2.24) is 9.78 Å². The zero-order chi connectivity index (χ0) is 13.3. The van der Waals surface area contributed by atoms with Gasteiger partial charge in [-0.2, -0.15) is 5.10 Å². The van der Waals surface area contributed by atoms with Crippen LogP contribution in [0.5, 0.6) is 5.88 Å². The van der Waals surface area contributed by atoms with Crippen LogP contribution in [0.25, 0.3) is 5.69 Å². The third kappa shape index (κ3) is 2.17. The standard InChI is InChI=1S/C11H12FN2O3P/c1-17-18(2,16)10-7-13-14(11(10)15)9-5-3-8(12)4-6-9/h3-7,15H,1-2H3. The summed E-state index contributed by atoms with van der Waals surface area (Å²) in [4.78, 5) is 0. The van der Waals surface area contributed by atoms with E-state index in [0.717, 1.165) is 0 Å². The van der Waals surface area contributed by atoms with Crippen LogP contribution in [-0.2, 0) is 9.09 Å². The first kappa shape index (κ1) is 12.8. The number of aromatic hydroxyl groups is 1. The van der Waals surface area contributed by atoms with E-state index < -0.39 is 7.37 Å². The second-order valence-electron chi connectivity index (χ2n) is 3.77. The van der Waals surface area contributed by atoms with Gasteiger partial charge in [-0.25, -0.2) is 9.07 Å². The Morgan fingerprint density at radius 1 is 1.39 bits per heavy atom. The van der Waals surface area contributed by atoms with Crippen molar-refractivity contribution in [1.29, 1.82) is 0 Å². The van der Waals surface area contributed by atoms with Crippen molar-refractivity contribution in [3.05, 3.63) is 36.3 Å². The van der Waals surface area contributed by atoms with Crippen molar-refractivity contribution >= 4 is 12.7 Å². The van der Waals surface area contributed by atoms with E-state index in [9.17, 15) is 14.1 Å². The van der Waals surface area contributed by atoms with Crippen LogP contribution in [0, 0.1) is 5.82 Å². The summed E-state index contributed by atoms with van der Waals surface area (Å²) in [6, 6.07) is 5.41. The van der Waals surface area contributed by atoms with Gasteiger partial charge in [-0.15, -0.1) is 0 Å². The molecule has 0 saturated heterocycles. The predicted molar refractivity (Wildman–Crippen MR) is 65.4 cm³/mol. The van der Waals surface area contributed by atoms with Crippen LogP contribution in [0.4, 0.5) is 4.39 Å². The first-order valence-electron chi connectivity index (χ1n) is 5.12. The average Bonchev–Trinajstić information content (AvgIpc) is 2.73. The van der Waals surface area contributed by atoms with Gasteiger partial charge in [0.05, 0.1) is 11.9 Å². The first-order chi connectivity index (χ1) is 8.45. The third-order valence-electron chi connectivity index (χ3n) is 2.58. The van der Waals surface area contributed by atoms with Crippen LogP contribution in [0.2, 0.25) is 0 Å². The molecule has 1 aromatic carbocycles. The van der Waals surface area contributed by atoms with Crippen molar-refractivity contribution in [2.24, 2.45) is 0 Å². The number of nitrogens with zero attached hydrogens (tertiary/aromatic N) is 2. The lowest BCUT2D eigenvalue weighted by Gasteiger charge is -2.09. The van der Waals surface area contributed by atoms with Gasteiger partial charge in [0.1, 0.15) is 11.1 Å². The summed E-state index contributed by atoms with van der Waals surface area (Å²) in [6.07, 6.45) is 1.28. The molecule has 5 nitrogen and oxygen atoms in total. The smallest absolute Gasteiger partial charge is 0.235 e. The largest absolute Gasteiger partial charge is 0.493 e. The average molecular weight is 270 g/mol. The summed E-state index contributed by atoms with van der Waals surface area (Å²) >= 11 is 0. The van der Waals surface area contributed by atoms with Crippen molar-refractivity contribution in [2.75, 3.05) is 13.8 Å². The second kappa shape index (κ2) is 4.55. The van der Waals surface area contributed by atoms with Crippen LogP contribution in [0.15, 0.2) is 30.5 Å². The molecule has 2 rings (SSSR count). The molecule has 1 N–H and O–H groups in total. The minimum atomic E-state index is -3.08. The van der Waals surface area contributed by atoms with Crippen molar-refractivity contribution in [3.63, 3.8) is 0 Å². The molecular formula is C11H12FN2O3P. The highest BCUT2D eigenvalue weighted by molar-refractivity contribution is 7.66. The zero-order valence-corrected chi connectivity index (χ0v) is 10.8. The Morgan fingerprint density at radius 2 is 2.00 bits per heavy atom. The van der Waals surface area contributed by atoms with Crippen LogP contribution in [0.1, 0.15) is 0 Å². The van der Waals surface area contributed by atoms with Gasteiger partial charge in [0.15, 0.2) is 0 Å². The normalized spacial score (nSPS) is 14.4. The molecule has 18 heavy (non-hydrogen) atoms. The van der Waals surface area contributed by atoms with Gasteiger partial charge in [-0.1, -0.05) is 0 Å². The second-order valence-corrected chi connectivity index (χ2v) is 6.31. The van der Waals surface area contributed by atoms with Crippen LogP contribution < -0.4 is 5.30 Å². The van der Waals surface area contributed by atoms with Crippen molar-refractivity contribution in [2.45, 2.75) is 0 Å². The molecule has 1 heterocycles. The van der Waals surface area contributed by atoms with E-state index in [0.29, 0.717) is 5.69 Å². The Labute approximate surface area is 103 Å². The van der Waals surface area contributed by atoms with E-state index >= 15 is 0 Å². The van der Waals surface area contributed by atoms with Gasteiger partial charge in [-0.3, -0.25) is 4.57 Å². The number of hydrogen-bond donors (Lipinski definition) is 1. The molecule has 1 aromatic heterocycles. The topological polar surface area (TPSA) is 64.3 Å². The highest BCUT2D eigenvalue weighted by atomic mass is 31.2. The number of aromatic nitrogens is 2. The van der Waals surface area contributed by atoms with Gasteiger partial charge < -0.3 is 9.63 Å². The lowest BCUT2D eigenvalue weighted by molar-refractivity contribution is 0.403. The molecule has 96 valence electrons. The quantitative estimate of drug-likeness (QED) is 0.865. The number of benzene rings is 1. The molecule has 1 unspecified atom stereocenters.